The van der Waals surface area contributed by atoms with Crippen LogP contribution in [0.25, 0.3) is 0 Å². The van der Waals surface area contributed by atoms with Crippen LogP contribution in [0, 0.1) is 11.3 Å². The Hall–Kier alpha value is -1.05. The summed E-state index contributed by atoms with van der Waals surface area (Å²) in [7, 11) is 0. The van der Waals surface area contributed by atoms with Crippen LogP contribution in [0.4, 0.5) is 0 Å². The van der Waals surface area contributed by atoms with E-state index < -0.39 is 0 Å². The van der Waals surface area contributed by atoms with Crippen molar-refractivity contribution in [1.82, 2.24) is 0 Å². The molecule has 2 heteroatoms. The average Bonchev–Trinajstić information content (AvgIpc) is 2.25. The van der Waals surface area contributed by atoms with Crippen molar-refractivity contribution in [2.24, 2.45) is 11.3 Å². The number of esters is 1. The minimum atomic E-state index is -0.253. The van der Waals surface area contributed by atoms with Gasteiger partial charge in [-0.3, -0.25) is 0 Å². The van der Waals surface area contributed by atoms with E-state index in [2.05, 4.69) is 40.7 Å². The molecule has 0 amide bonds. The van der Waals surface area contributed by atoms with Crippen LogP contribution in [0.15, 0.2) is 23.3 Å². The molecule has 0 saturated heterocycles. The summed E-state index contributed by atoms with van der Waals surface area (Å²) >= 11 is 0. The normalized spacial score (nSPS) is 15.0. The second-order valence-electron chi connectivity index (χ2n) is 7.39. The van der Waals surface area contributed by atoms with E-state index in [4.69, 9.17) is 4.74 Å². The monoisotopic (exact) mass is 294 g/mol. The molecule has 0 aromatic heterocycles. The maximum Gasteiger partial charge on any atom is 0.330 e. The van der Waals surface area contributed by atoms with Crippen LogP contribution in [-0.4, -0.2) is 12.6 Å². The fourth-order valence-electron chi connectivity index (χ4n) is 2.49. The predicted molar refractivity (Wildman–Crippen MR) is 91.2 cm³/mol. The Labute approximate surface area is 131 Å². The molecule has 0 aliphatic heterocycles. The molecule has 1 atom stereocenters. The number of carbonyl (C=O) groups excluding carboxylic acids is 1. The lowest BCUT2D eigenvalue weighted by molar-refractivity contribution is -0.137. The number of carbonyl (C=O) groups is 1. The van der Waals surface area contributed by atoms with Gasteiger partial charge in [0.05, 0.1) is 6.61 Å². The molecule has 0 fully saturated rings. The SMILES string of the molecule is CCOC(=O)C=C(C)C=C(C)CC(C)CCCC(C)(C)C. The van der Waals surface area contributed by atoms with Crippen LogP contribution in [-0.2, 0) is 9.53 Å². The fraction of sp³-hybridized carbons (Fsp3) is 0.737. The third kappa shape index (κ3) is 12.4. The highest BCUT2D eigenvalue weighted by Gasteiger charge is 2.11. The van der Waals surface area contributed by atoms with Gasteiger partial charge in [0.1, 0.15) is 0 Å². The molecule has 21 heavy (non-hydrogen) atoms. The van der Waals surface area contributed by atoms with Crippen molar-refractivity contribution in [3.05, 3.63) is 23.3 Å². The molecule has 0 spiro atoms. The maximum absolute atomic E-state index is 11.4. The van der Waals surface area contributed by atoms with Crippen molar-refractivity contribution in [3.63, 3.8) is 0 Å². The lowest BCUT2D eigenvalue weighted by atomic mass is 9.87. The zero-order chi connectivity index (χ0) is 16.5. The van der Waals surface area contributed by atoms with E-state index in [1.807, 2.05) is 13.8 Å². The van der Waals surface area contributed by atoms with E-state index in [0.29, 0.717) is 17.9 Å². The summed E-state index contributed by atoms with van der Waals surface area (Å²) < 4.78 is 4.92. The van der Waals surface area contributed by atoms with Crippen LogP contribution in [0.3, 0.4) is 0 Å². The Kier molecular flexibility index (Phi) is 9.32. The van der Waals surface area contributed by atoms with Crippen LogP contribution in [0.5, 0.6) is 0 Å². The quantitative estimate of drug-likeness (QED) is 0.327. The van der Waals surface area contributed by atoms with Gasteiger partial charge in [-0.2, -0.15) is 0 Å². The number of hydrogen-bond donors (Lipinski definition) is 0. The number of hydrogen-bond acceptors (Lipinski definition) is 2. The summed E-state index contributed by atoms with van der Waals surface area (Å²) in [6.07, 6.45) is 8.59. The third-order valence-corrected chi connectivity index (χ3v) is 3.40. The lowest BCUT2D eigenvalue weighted by Crippen LogP contribution is -2.06. The van der Waals surface area contributed by atoms with Crippen molar-refractivity contribution in [2.45, 2.75) is 74.1 Å². The molecular formula is C19H34O2. The molecule has 0 saturated carbocycles. The topological polar surface area (TPSA) is 26.3 Å². The van der Waals surface area contributed by atoms with E-state index in [-0.39, 0.29) is 5.97 Å². The van der Waals surface area contributed by atoms with Crippen molar-refractivity contribution in [1.29, 1.82) is 0 Å². The van der Waals surface area contributed by atoms with Gasteiger partial charge in [-0.15, -0.1) is 0 Å². The van der Waals surface area contributed by atoms with Gasteiger partial charge in [-0.1, -0.05) is 52.2 Å². The standard InChI is InChI=1S/C19H34O2/c1-8-21-18(20)14-17(4)13-16(3)12-15(2)10-9-11-19(5,6)7/h13-15H,8-12H2,1-7H3. The van der Waals surface area contributed by atoms with E-state index >= 15 is 0 Å². The molecule has 0 aliphatic carbocycles. The Balaban J connectivity index is 4.24. The molecule has 0 N–H and O–H groups in total. The van der Waals surface area contributed by atoms with E-state index in [1.54, 1.807) is 6.08 Å². The first-order valence-corrected chi connectivity index (χ1v) is 8.16. The van der Waals surface area contributed by atoms with Gasteiger partial charge in [-0.25, -0.2) is 4.79 Å². The first-order chi connectivity index (χ1) is 9.64. The summed E-state index contributed by atoms with van der Waals surface area (Å²) in [4.78, 5) is 11.4. The zero-order valence-electron chi connectivity index (χ0n) is 15.1. The molecule has 0 rings (SSSR count). The number of ether oxygens (including phenoxy) is 1. The number of rotatable bonds is 8. The van der Waals surface area contributed by atoms with E-state index in [0.717, 1.165) is 12.0 Å². The first kappa shape index (κ1) is 19.9. The highest BCUT2D eigenvalue weighted by molar-refractivity contribution is 5.83. The minimum absolute atomic E-state index is 0.253. The second kappa shape index (κ2) is 9.81. The van der Waals surface area contributed by atoms with E-state index in [1.165, 1.54) is 24.8 Å². The van der Waals surface area contributed by atoms with Crippen molar-refractivity contribution >= 4 is 5.97 Å². The summed E-state index contributed by atoms with van der Waals surface area (Å²) in [6.45, 7) is 15.5. The first-order valence-electron chi connectivity index (χ1n) is 8.16. The molecule has 0 aliphatic rings. The Morgan fingerprint density at radius 3 is 2.33 bits per heavy atom. The lowest BCUT2D eigenvalue weighted by Gasteiger charge is -2.19. The molecule has 0 heterocycles. The van der Waals surface area contributed by atoms with Crippen LogP contribution in [0.2, 0.25) is 0 Å². The van der Waals surface area contributed by atoms with Gasteiger partial charge in [0.2, 0.25) is 0 Å². The van der Waals surface area contributed by atoms with Crippen LogP contribution < -0.4 is 0 Å². The summed E-state index contributed by atoms with van der Waals surface area (Å²) in [5, 5.41) is 0. The fourth-order valence-corrected chi connectivity index (χ4v) is 2.49. The molecule has 122 valence electrons. The largest absolute Gasteiger partial charge is 0.463 e. The van der Waals surface area contributed by atoms with Crippen molar-refractivity contribution in [3.8, 4) is 0 Å². The van der Waals surface area contributed by atoms with Crippen LogP contribution in [0.1, 0.15) is 74.1 Å². The highest BCUT2D eigenvalue weighted by atomic mass is 16.5. The van der Waals surface area contributed by atoms with Gasteiger partial charge >= 0.3 is 5.97 Å². The second-order valence-corrected chi connectivity index (χ2v) is 7.39. The summed E-state index contributed by atoms with van der Waals surface area (Å²) in [6, 6.07) is 0. The molecule has 0 bridgehead atoms. The summed E-state index contributed by atoms with van der Waals surface area (Å²) in [5.74, 6) is 0.441. The zero-order valence-corrected chi connectivity index (χ0v) is 15.1. The minimum Gasteiger partial charge on any atom is -0.463 e. The third-order valence-electron chi connectivity index (χ3n) is 3.40. The van der Waals surface area contributed by atoms with Gasteiger partial charge in [0, 0.05) is 6.08 Å². The van der Waals surface area contributed by atoms with Gasteiger partial charge < -0.3 is 4.74 Å². The molecular weight excluding hydrogens is 260 g/mol. The predicted octanol–water partition coefficient (Wildman–Crippen LogP) is 5.68. The van der Waals surface area contributed by atoms with Gasteiger partial charge in [-0.05, 0) is 50.5 Å². The molecule has 1 unspecified atom stereocenters. The van der Waals surface area contributed by atoms with Crippen molar-refractivity contribution < 1.29 is 9.53 Å². The Morgan fingerprint density at radius 1 is 1.19 bits per heavy atom. The smallest absolute Gasteiger partial charge is 0.330 e. The highest BCUT2D eigenvalue weighted by Crippen LogP contribution is 2.25. The van der Waals surface area contributed by atoms with Gasteiger partial charge in [0.25, 0.3) is 0 Å². The molecule has 2 nitrogen and oxygen atoms in total. The Bertz CT molecular complexity index is 370. The molecule has 0 radical (unpaired) electrons. The summed E-state index contributed by atoms with van der Waals surface area (Å²) in [5.41, 5.74) is 2.73. The van der Waals surface area contributed by atoms with Gasteiger partial charge in [0.15, 0.2) is 0 Å². The average molecular weight is 294 g/mol. The number of allylic oxidation sites excluding steroid dienone is 3. The molecule has 0 aromatic carbocycles. The van der Waals surface area contributed by atoms with E-state index in [9.17, 15) is 4.79 Å². The van der Waals surface area contributed by atoms with Crippen molar-refractivity contribution in [2.75, 3.05) is 6.61 Å². The molecule has 0 aromatic rings. The maximum atomic E-state index is 11.4. The van der Waals surface area contributed by atoms with Crippen LogP contribution >= 0.6 is 0 Å². The Morgan fingerprint density at radius 2 is 1.81 bits per heavy atom.